The zero-order chi connectivity index (χ0) is 39.8. The fourth-order valence-electron chi connectivity index (χ4n) is 9.40. The van der Waals surface area contributed by atoms with Gasteiger partial charge in [0.05, 0.1) is 5.69 Å². The molecule has 0 atom stereocenters. The highest BCUT2D eigenvalue weighted by Crippen LogP contribution is 2.50. The van der Waals surface area contributed by atoms with Crippen LogP contribution in [0.1, 0.15) is 41.7 Å². The van der Waals surface area contributed by atoms with Crippen LogP contribution in [0.15, 0.2) is 176 Å². The van der Waals surface area contributed by atoms with E-state index in [9.17, 15) is 0 Å². The van der Waals surface area contributed by atoms with Crippen molar-refractivity contribution in [1.82, 2.24) is 0 Å². The van der Waals surface area contributed by atoms with E-state index in [1.807, 2.05) is 60.7 Å². The summed E-state index contributed by atoms with van der Waals surface area (Å²) in [6, 6.07) is 61.6. The zero-order valence-corrected chi connectivity index (χ0v) is 33.9. The highest BCUT2D eigenvalue weighted by Gasteiger charge is 2.34. The minimum Gasteiger partial charge on any atom is -0.307 e. The third kappa shape index (κ3) is 5.80. The van der Waals surface area contributed by atoms with Crippen LogP contribution in [0.25, 0.3) is 76.1 Å². The number of benzene rings is 9. The van der Waals surface area contributed by atoms with Crippen molar-refractivity contribution >= 4 is 82.3 Å². The van der Waals surface area contributed by atoms with Crippen LogP contribution in [0.4, 0.5) is 21.5 Å². The molecule has 0 spiro atoms. The van der Waals surface area contributed by atoms with Gasteiger partial charge in [0.1, 0.15) is 5.82 Å². The molecule has 1 heterocycles. The van der Waals surface area contributed by atoms with Crippen molar-refractivity contribution in [3.8, 4) is 22.3 Å². The van der Waals surface area contributed by atoms with Crippen LogP contribution in [0, 0.1) is 12.7 Å². The number of fused-ring (bicyclic) bond motifs is 3. The lowest BCUT2D eigenvalue weighted by Crippen LogP contribution is -2.15. The van der Waals surface area contributed by atoms with Crippen LogP contribution < -0.4 is 4.90 Å². The lowest BCUT2D eigenvalue weighted by atomic mass is 9.81. The van der Waals surface area contributed by atoms with Gasteiger partial charge in [0, 0.05) is 42.5 Å². The van der Waals surface area contributed by atoms with E-state index in [1.165, 1.54) is 53.7 Å². The number of rotatable bonds is 7. The standard InChI is InChI=1S/C56H40FNS/c1-35-13-10-11-20-50(35)58(55-46(39-16-8-5-9-17-39)32-42(33-49(55)57)38-14-6-4-7-15-38)43-26-28-45-44-27-23-36(31-51(44)59-52(45)34-43)21-22-37-29-41-25-24-40-18-12-19-47-53(40)54(41)48(30-37)56(47,2)3/h4-34H,1-3H3. The summed E-state index contributed by atoms with van der Waals surface area (Å²) in [7, 11) is 0. The molecule has 1 aromatic heterocycles. The van der Waals surface area contributed by atoms with Gasteiger partial charge in [-0.1, -0.05) is 159 Å². The molecule has 0 unspecified atom stereocenters. The second-order valence-electron chi connectivity index (χ2n) is 16.3. The second kappa shape index (κ2) is 13.7. The van der Waals surface area contributed by atoms with E-state index in [1.54, 1.807) is 17.4 Å². The van der Waals surface area contributed by atoms with Crippen molar-refractivity contribution in [1.29, 1.82) is 0 Å². The first-order valence-electron chi connectivity index (χ1n) is 20.3. The molecule has 0 N–H and O–H groups in total. The summed E-state index contributed by atoms with van der Waals surface area (Å²) in [6.07, 6.45) is 4.50. The van der Waals surface area contributed by atoms with Crippen LogP contribution in [0.3, 0.4) is 0 Å². The van der Waals surface area contributed by atoms with E-state index in [-0.39, 0.29) is 11.2 Å². The molecule has 11 rings (SSSR count). The summed E-state index contributed by atoms with van der Waals surface area (Å²) < 4.78 is 19.5. The Morgan fingerprint density at radius 1 is 0.525 bits per heavy atom. The van der Waals surface area contributed by atoms with Crippen LogP contribution in [0.2, 0.25) is 0 Å². The number of anilines is 3. The van der Waals surface area contributed by atoms with Crippen LogP contribution in [-0.2, 0) is 5.41 Å². The summed E-state index contributed by atoms with van der Waals surface area (Å²) in [6.45, 7) is 6.80. The molecular weight excluding hydrogens is 738 g/mol. The molecular formula is C56H40FNS. The highest BCUT2D eigenvalue weighted by atomic mass is 32.1. The second-order valence-corrected chi connectivity index (χ2v) is 17.4. The molecule has 1 aliphatic rings. The van der Waals surface area contributed by atoms with E-state index < -0.39 is 0 Å². The molecule has 3 heteroatoms. The minimum absolute atomic E-state index is 0.0462. The van der Waals surface area contributed by atoms with Gasteiger partial charge in [-0.05, 0) is 115 Å². The number of aryl methyl sites for hydroxylation is 1. The van der Waals surface area contributed by atoms with E-state index in [2.05, 4.69) is 147 Å². The van der Waals surface area contributed by atoms with Gasteiger partial charge in [0.2, 0.25) is 0 Å². The predicted molar refractivity (Wildman–Crippen MR) is 252 cm³/mol. The smallest absolute Gasteiger partial charge is 0.148 e. The number of nitrogens with zero attached hydrogens (tertiary/aromatic N) is 1. The third-order valence-corrected chi connectivity index (χ3v) is 13.5. The minimum atomic E-state index is -0.275. The number of hydrogen-bond acceptors (Lipinski definition) is 2. The largest absolute Gasteiger partial charge is 0.307 e. The lowest BCUT2D eigenvalue weighted by molar-refractivity contribution is 0.629. The Kier molecular flexibility index (Phi) is 8.18. The van der Waals surface area contributed by atoms with Crippen molar-refractivity contribution < 1.29 is 4.39 Å². The van der Waals surface area contributed by atoms with Gasteiger partial charge < -0.3 is 4.90 Å². The van der Waals surface area contributed by atoms with E-state index >= 15 is 4.39 Å². The maximum absolute atomic E-state index is 17.1. The van der Waals surface area contributed by atoms with Crippen molar-refractivity contribution in [2.45, 2.75) is 26.2 Å². The van der Waals surface area contributed by atoms with E-state index in [0.717, 1.165) is 49.5 Å². The topological polar surface area (TPSA) is 3.24 Å². The first-order valence-corrected chi connectivity index (χ1v) is 21.1. The van der Waals surface area contributed by atoms with Gasteiger partial charge in [0.15, 0.2) is 0 Å². The molecule has 0 amide bonds. The van der Waals surface area contributed by atoms with Crippen molar-refractivity contribution in [2.75, 3.05) is 4.90 Å². The number of hydrogen-bond donors (Lipinski definition) is 0. The van der Waals surface area contributed by atoms with Gasteiger partial charge in [-0.3, -0.25) is 0 Å². The number of para-hydroxylation sites is 1. The first kappa shape index (κ1) is 35.4. The maximum Gasteiger partial charge on any atom is 0.148 e. The van der Waals surface area contributed by atoms with Gasteiger partial charge in [-0.25, -0.2) is 4.39 Å². The molecule has 9 aromatic carbocycles. The van der Waals surface area contributed by atoms with Crippen LogP contribution in [-0.4, -0.2) is 0 Å². The molecule has 1 nitrogen and oxygen atoms in total. The van der Waals surface area contributed by atoms with Gasteiger partial charge in [0.25, 0.3) is 0 Å². The van der Waals surface area contributed by atoms with Crippen molar-refractivity contribution in [3.63, 3.8) is 0 Å². The van der Waals surface area contributed by atoms with Gasteiger partial charge >= 0.3 is 0 Å². The summed E-state index contributed by atoms with van der Waals surface area (Å²) in [4.78, 5) is 2.11. The molecule has 1 aliphatic carbocycles. The average molecular weight is 778 g/mol. The van der Waals surface area contributed by atoms with Gasteiger partial charge in [-0.15, -0.1) is 11.3 Å². The molecule has 59 heavy (non-hydrogen) atoms. The maximum atomic E-state index is 17.1. The Balaban J connectivity index is 1.01. The van der Waals surface area contributed by atoms with E-state index in [4.69, 9.17) is 0 Å². The highest BCUT2D eigenvalue weighted by molar-refractivity contribution is 7.25. The fourth-order valence-corrected chi connectivity index (χ4v) is 10.6. The molecule has 282 valence electrons. The quantitative estimate of drug-likeness (QED) is 0.115. The molecule has 0 saturated heterocycles. The number of thiophene rings is 1. The summed E-state index contributed by atoms with van der Waals surface area (Å²) in [5.74, 6) is -0.275. The monoisotopic (exact) mass is 777 g/mol. The Labute approximate surface area is 348 Å². The number of halogens is 1. The molecule has 0 saturated carbocycles. The normalized spacial score (nSPS) is 13.2. The first-order chi connectivity index (χ1) is 28.8. The molecule has 0 fully saturated rings. The Morgan fingerprint density at radius 2 is 1.20 bits per heavy atom. The third-order valence-electron chi connectivity index (χ3n) is 12.4. The molecule has 0 radical (unpaired) electrons. The lowest BCUT2D eigenvalue weighted by Gasteiger charge is -2.30. The summed E-state index contributed by atoms with van der Waals surface area (Å²) >= 11 is 1.79. The Bertz CT molecular complexity index is 3320. The van der Waals surface area contributed by atoms with E-state index in [0.29, 0.717) is 5.69 Å². The fraction of sp³-hybridized carbons (Fsp3) is 0.0714. The SMILES string of the molecule is Cc1ccccc1N(c1ccc2c(c1)sc1cc(C=Cc3cc4c5c(ccc6cccc(c65)C4(C)C)c3)ccc12)c1c(F)cc(-c2ccccc2)cc1-c1ccccc1. The molecule has 10 aromatic rings. The zero-order valence-electron chi connectivity index (χ0n) is 33.1. The van der Waals surface area contributed by atoms with Gasteiger partial charge in [-0.2, -0.15) is 0 Å². The molecule has 0 aliphatic heterocycles. The van der Waals surface area contributed by atoms with Crippen molar-refractivity contribution in [3.05, 3.63) is 210 Å². The molecule has 0 bridgehead atoms. The van der Waals surface area contributed by atoms with Crippen molar-refractivity contribution in [2.24, 2.45) is 0 Å². The summed E-state index contributed by atoms with van der Waals surface area (Å²) in [5, 5.41) is 7.84. The Morgan fingerprint density at radius 3 is 2.00 bits per heavy atom. The summed E-state index contributed by atoms with van der Waals surface area (Å²) in [5.41, 5.74) is 12.2. The average Bonchev–Trinajstić information content (AvgIpc) is 3.75. The van der Waals surface area contributed by atoms with Crippen LogP contribution >= 0.6 is 11.3 Å². The predicted octanol–water partition coefficient (Wildman–Crippen LogP) is 16.4. The Hall–Kier alpha value is -6.81. The van der Waals surface area contributed by atoms with Crippen LogP contribution in [0.5, 0.6) is 0 Å².